The van der Waals surface area contributed by atoms with Gasteiger partial charge in [0.15, 0.2) is 0 Å². The van der Waals surface area contributed by atoms with Crippen LogP contribution in [-0.4, -0.2) is 42.1 Å². The molecule has 0 spiro atoms. The highest BCUT2D eigenvalue weighted by Crippen LogP contribution is 2.43. The van der Waals surface area contributed by atoms with Crippen LogP contribution in [-0.2, 0) is 0 Å². The van der Waals surface area contributed by atoms with Gasteiger partial charge in [-0.2, -0.15) is 0 Å². The zero-order valence-electron chi connectivity index (χ0n) is 14.1. The fraction of sp³-hybridized carbons (Fsp3) is 0.333. The van der Waals surface area contributed by atoms with Gasteiger partial charge >= 0.3 is 0 Å². The average Bonchev–Trinajstić information content (AvgIpc) is 3.20. The van der Waals surface area contributed by atoms with Crippen molar-refractivity contribution in [1.29, 1.82) is 0 Å². The number of hydrogen-bond donors (Lipinski definition) is 4. The molecule has 0 bridgehead atoms. The van der Waals surface area contributed by atoms with Crippen molar-refractivity contribution < 1.29 is 19.7 Å². The summed E-state index contributed by atoms with van der Waals surface area (Å²) in [5.41, 5.74) is 6.67. The minimum Gasteiger partial charge on any atom is -0.390 e. The second-order valence-electron chi connectivity index (χ2n) is 6.79. The molecule has 0 aliphatic heterocycles. The van der Waals surface area contributed by atoms with E-state index in [1.54, 1.807) is 16.8 Å². The molecule has 1 fully saturated rings. The van der Waals surface area contributed by atoms with Gasteiger partial charge in [0.25, 0.3) is 0 Å². The van der Waals surface area contributed by atoms with Crippen molar-refractivity contribution in [2.75, 3.05) is 5.73 Å². The van der Waals surface area contributed by atoms with Crippen LogP contribution in [0.2, 0.25) is 5.02 Å². The molecule has 142 valence electrons. The molecule has 2 aromatic heterocycles. The molecule has 1 saturated carbocycles. The molecule has 9 heteroatoms. The highest BCUT2D eigenvalue weighted by Gasteiger charge is 2.46. The number of aliphatic hydroxyl groups is 3. The molecule has 2 heterocycles. The van der Waals surface area contributed by atoms with Crippen LogP contribution in [0.5, 0.6) is 0 Å². The summed E-state index contributed by atoms with van der Waals surface area (Å²) in [5.74, 6) is -1.02. The van der Waals surface area contributed by atoms with Crippen LogP contribution < -0.4 is 5.73 Å². The summed E-state index contributed by atoms with van der Waals surface area (Å²) in [6, 6.07) is 5.20. The number of nitrogens with zero attached hydrogens (tertiary/aromatic N) is 3. The Morgan fingerprint density at radius 1 is 1.22 bits per heavy atom. The normalized spacial score (nSPS) is 26.6. The van der Waals surface area contributed by atoms with E-state index in [4.69, 9.17) is 17.3 Å². The van der Waals surface area contributed by atoms with Crippen LogP contribution in [0.15, 0.2) is 36.8 Å². The predicted molar refractivity (Wildman–Crippen MR) is 97.5 cm³/mol. The maximum atomic E-state index is 13.7. The fourth-order valence-electron chi connectivity index (χ4n) is 3.83. The van der Waals surface area contributed by atoms with Crippen LogP contribution in [0, 0.1) is 11.7 Å². The van der Waals surface area contributed by atoms with Gasteiger partial charge in [-0.1, -0.05) is 17.7 Å². The number of fused-ring (bicyclic) bond motifs is 1. The van der Waals surface area contributed by atoms with Crippen molar-refractivity contribution in [3.63, 3.8) is 0 Å². The Bertz CT molecular complexity index is 998. The molecule has 1 aliphatic carbocycles. The third-order valence-corrected chi connectivity index (χ3v) is 5.59. The molecule has 0 radical (unpaired) electrons. The van der Waals surface area contributed by atoms with Crippen LogP contribution in [0.3, 0.4) is 0 Å². The number of rotatable bonds is 3. The lowest BCUT2D eigenvalue weighted by Crippen LogP contribution is -2.31. The van der Waals surface area contributed by atoms with E-state index < -0.39 is 36.1 Å². The summed E-state index contributed by atoms with van der Waals surface area (Å²) in [6.45, 7) is 0. The molecule has 7 nitrogen and oxygen atoms in total. The summed E-state index contributed by atoms with van der Waals surface area (Å²) in [6.07, 6.45) is -0.176. The Labute approximate surface area is 158 Å². The Kier molecular flexibility index (Phi) is 4.51. The number of aromatic nitrogens is 3. The lowest BCUT2D eigenvalue weighted by atomic mass is 9.92. The number of hydrogen-bond acceptors (Lipinski definition) is 6. The highest BCUT2D eigenvalue weighted by molar-refractivity contribution is 6.30. The van der Waals surface area contributed by atoms with Gasteiger partial charge in [-0.25, -0.2) is 14.4 Å². The standard InChI is InChI=1S/C18H18ClFN4O3/c19-11-2-1-8(5-12(11)20)14(25)10-6-13(16(27)15(10)26)24-4-3-9-17(21)22-7-23-18(9)24/h1-5,7,10,13-16,25-27H,6H2,(H2,21,22,23)/t10?,13?,14-,15+,16-/m0/s1. The Hall–Kier alpha value is -2.26. The van der Waals surface area contributed by atoms with E-state index in [-0.39, 0.29) is 17.0 Å². The van der Waals surface area contributed by atoms with Crippen LogP contribution in [0.25, 0.3) is 11.0 Å². The van der Waals surface area contributed by atoms with Gasteiger partial charge in [-0.3, -0.25) is 0 Å². The zero-order chi connectivity index (χ0) is 19.3. The lowest BCUT2D eigenvalue weighted by molar-refractivity contribution is -0.0265. The first-order chi connectivity index (χ1) is 12.9. The van der Waals surface area contributed by atoms with E-state index in [9.17, 15) is 19.7 Å². The predicted octanol–water partition coefficient (Wildman–Crippen LogP) is 1.82. The second-order valence-corrected chi connectivity index (χ2v) is 7.19. The van der Waals surface area contributed by atoms with Crippen LogP contribution >= 0.6 is 11.6 Å². The van der Waals surface area contributed by atoms with E-state index in [1.807, 2.05) is 0 Å². The molecule has 27 heavy (non-hydrogen) atoms. The quantitative estimate of drug-likeness (QED) is 0.540. The van der Waals surface area contributed by atoms with Crippen molar-refractivity contribution in [1.82, 2.24) is 14.5 Å². The summed E-state index contributed by atoms with van der Waals surface area (Å²) >= 11 is 5.68. The third kappa shape index (κ3) is 2.94. The van der Waals surface area contributed by atoms with Gasteiger partial charge in [-0.05, 0) is 30.2 Å². The Morgan fingerprint density at radius 2 is 2.00 bits per heavy atom. The molecule has 0 saturated heterocycles. The molecule has 4 rings (SSSR count). The SMILES string of the molecule is Nc1ncnc2c1ccn2C1CC([C@@H](O)c2ccc(Cl)c(F)c2)[C@@H](O)[C@H]1O. The maximum absolute atomic E-state index is 13.7. The molecule has 1 aromatic carbocycles. The average molecular weight is 393 g/mol. The molecular weight excluding hydrogens is 375 g/mol. The van der Waals surface area contributed by atoms with Crippen LogP contribution in [0.4, 0.5) is 10.2 Å². The minimum atomic E-state index is -1.19. The Morgan fingerprint density at radius 3 is 2.74 bits per heavy atom. The van der Waals surface area contributed by atoms with E-state index in [1.165, 1.54) is 18.5 Å². The summed E-state index contributed by atoms with van der Waals surface area (Å²) in [5, 5.41) is 32.3. The molecular formula is C18H18ClFN4O3. The first-order valence-electron chi connectivity index (χ1n) is 8.44. The van der Waals surface area contributed by atoms with Crippen molar-refractivity contribution in [3.8, 4) is 0 Å². The van der Waals surface area contributed by atoms with E-state index in [0.717, 1.165) is 6.07 Å². The smallest absolute Gasteiger partial charge is 0.145 e. The monoisotopic (exact) mass is 392 g/mol. The van der Waals surface area contributed by atoms with Crippen molar-refractivity contribution in [3.05, 3.63) is 53.2 Å². The molecule has 0 amide bonds. The number of benzene rings is 1. The highest BCUT2D eigenvalue weighted by atomic mass is 35.5. The van der Waals surface area contributed by atoms with E-state index in [0.29, 0.717) is 16.9 Å². The summed E-state index contributed by atoms with van der Waals surface area (Å²) in [7, 11) is 0. The molecule has 3 aromatic rings. The van der Waals surface area contributed by atoms with E-state index in [2.05, 4.69) is 9.97 Å². The zero-order valence-corrected chi connectivity index (χ0v) is 14.8. The molecule has 5 atom stereocenters. The van der Waals surface area contributed by atoms with Gasteiger partial charge in [0, 0.05) is 12.1 Å². The first-order valence-corrected chi connectivity index (χ1v) is 8.82. The molecule has 5 N–H and O–H groups in total. The molecule has 2 unspecified atom stereocenters. The molecule has 1 aliphatic rings. The number of nitrogen functional groups attached to an aromatic ring is 1. The minimum absolute atomic E-state index is 0.0492. The summed E-state index contributed by atoms with van der Waals surface area (Å²) < 4.78 is 15.4. The van der Waals surface area contributed by atoms with Gasteiger partial charge in [-0.15, -0.1) is 0 Å². The van der Waals surface area contributed by atoms with E-state index >= 15 is 0 Å². The van der Waals surface area contributed by atoms with Gasteiger partial charge < -0.3 is 25.6 Å². The fourth-order valence-corrected chi connectivity index (χ4v) is 3.95. The van der Waals surface area contributed by atoms with Gasteiger partial charge in [0.2, 0.25) is 0 Å². The third-order valence-electron chi connectivity index (χ3n) is 5.28. The first kappa shape index (κ1) is 18.1. The number of halogens is 2. The van der Waals surface area contributed by atoms with Crippen molar-refractivity contribution in [2.24, 2.45) is 5.92 Å². The summed E-state index contributed by atoms with van der Waals surface area (Å²) in [4.78, 5) is 8.14. The van der Waals surface area contributed by atoms with Gasteiger partial charge in [0.1, 0.15) is 29.7 Å². The number of nitrogens with two attached hydrogens (primary N) is 1. The number of aliphatic hydroxyl groups excluding tert-OH is 3. The lowest BCUT2D eigenvalue weighted by Gasteiger charge is -2.22. The largest absolute Gasteiger partial charge is 0.390 e. The Balaban J connectivity index is 1.66. The number of anilines is 1. The maximum Gasteiger partial charge on any atom is 0.145 e. The van der Waals surface area contributed by atoms with Crippen LogP contribution in [0.1, 0.15) is 24.1 Å². The van der Waals surface area contributed by atoms with Crippen molar-refractivity contribution in [2.45, 2.75) is 30.8 Å². The topological polar surface area (TPSA) is 117 Å². The van der Waals surface area contributed by atoms with Crippen molar-refractivity contribution >= 4 is 28.5 Å². The van der Waals surface area contributed by atoms with Gasteiger partial charge in [0.05, 0.1) is 28.7 Å². The second kappa shape index (κ2) is 6.72.